The Morgan fingerprint density at radius 3 is 2.68 bits per heavy atom. The molecular formula is C14H16N2O3. The van der Waals surface area contributed by atoms with Gasteiger partial charge < -0.3 is 15.7 Å². The number of hydrogen-bond acceptors (Lipinski definition) is 3. The summed E-state index contributed by atoms with van der Waals surface area (Å²) in [5.74, 6) is -1.15. The molecule has 0 radical (unpaired) electrons. The van der Waals surface area contributed by atoms with Gasteiger partial charge in [0.1, 0.15) is 6.04 Å². The molecule has 5 heteroatoms. The molecule has 19 heavy (non-hydrogen) atoms. The first-order chi connectivity index (χ1) is 9.15. The minimum atomic E-state index is -0.946. The van der Waals surface area contributed by atoms with E-state index in [1.165, 1.54) is 5.56 Å². The van der Waals surface area contributed by atoms with Crippen LogP contribution in [0.2, 0.25) is 0 Å². The molecule has 3 rings (SSSR count). The first-order valence-corrected chi connectivity index (χ1v) is 6.51. The normalized spacial score (nSPS) is 18.7. The van der Waals surface area contributed by atoms with Gasteiger partial charge in [-0.3, -0.25) is 4.79 Å². The minimum Gasteiger partial charge on any atom is -0.480 e. The van der Waals surface area contributed by atoms with Crippen LogP contribution in [-0.2, 0) is 17.9 Å². The van der Waals surface area contributed by atoms with E-state index >= 15 is 0 Å². The summed E-state index contributed by atoms with van der Waals surface area (Å²) in [4.78, 5) is 23.2. The third-order valence-corrected chi connectivity index (χ3v) is 3.75. The van der Waals surface area contributed by atoms with Crippen molar-refractivity contribution >= 4 is 11.9 Å². The Hall–Kier alpha value is -1.88. The Bertz CT molecular complexity index is 537. The highest BCUT2D eigenvalue weighted by Crippen LogP contribution is 2.32. The first-order valence-electron chi connectivity index (χ1n) is 6.51. The molecular weight excluding hydrogens is 244 g/mol. The van der Waals surface area contributed by atoms with Gasteiger partial charge in [-0.05, 0) is 42.0 Å². The highest BCUT2D eigenvalue weighted by Gasteiger charge is 2.37. The third-order valence-electron chi connectivity index (χ3n) is 3.75. The smallest absolute Gasteiger partial charge is 0.326 e. The van der Waals surface area contributed by atoms with Crippen LogP contribution in [0.3, 0.4) is 0 Å². The van der Waals surface area contributed by atoms with Crippen molar-refractivity contribution in [3.63, 3.8) is 0 Å². The molecule has 3 N–H and O–H groups in total. The molecule has 5 nitrogen and oxygen atoms in total. The number of benzene rings is 1. The van der Waals surface area contributed by atoms with Crippen molar-refractivity contribution in [2.45, 2.75) is 32.0 Å². The largest absolute Gasteiger partial charge is 0.480 e. The summed E-state index contributed by atoms with van der Waals surface area (Å²) in [6.07, 6.45) is 1.76. The van der Waals surface area contributed by atoms with Crippen molar-refractivity contribution in [3.8, 4) is 0 Å². The number of amides is 1. The van der Waals surface area contributed by atoms with Crippen molar-refractivity contribution in [2.24, 2.45) is 5.92 Å². The lowest BCUT2D eigenvalue weighted by atomic mass is 10.1. The molecule has 1 unspecified atom stereocenters. The molecule has 1 heterocycles. The molecule has 0 aromatic heterocycles. The van der Waals surface area contributed by atoms with Crippen LogP contribution < -0.4 is 10.6 Å². The summed E-state index contributed by atoms with van der Waals surface area (Å²) >= 11 is 0. The van der Waals surface area contributed by atoms with Crippen molar-refractivity contribution in [3.05, 3.63) is 34.9 Å². The molecule has 1 atom stereocenters. The van der Waals surface area contributed by atoms with Gasteiger partial charge >= 0.3 is 5.97 Å². The van der Waals surface area contributed by atoms with Crippen LogP contribution in [0.15, 0.2) is 18.2 Å². The number of rotatable bonds is 4. The van der Waals surface area contributed by atoms with E-state index in [4.69, 9.17) is 5.11 Å². The van der Waals surface area contributed by atoms with Crippen LogP contribution in [0.1, 0.15) is 34.3 Å². The molecule has 1 aromatic rings. The van der Waals surface area contributed by atoms with Crippen LogP contribution in [0.25, 0.3) is 0 Å². The van der Waals surface area contributed by atoms with Gasteiger partial charge in [0.15, 0.2) is 0 Å². The molecule has 0 spiro atoms. The average Bonchev–Trinajstić information content (AvgIpc) is 3.11. The molecule has 1 aromatic carbocycles. The number of carbonyl (C=O) groups excluding carboxylic acids is 1. The Kier molecular flexibility index (Phi) is 2.98. The van der Waals surface area contributed by atoms with Crippen LogP contribution >= 0.6 is 0 Å². The first kappa shape index (κ1) is 12.2. The van der Waals surface area contributed by atoms with Gasteiger partial charge in [-0.2, -0.15) is 0 Å². The van der Waals surface area contributed by atoms with Crippen molar-refractivity contribution in [1.82, 2.24) is 10.6 Å². The van der Waals surface area contributed by atoms with Gasteiger partial charge in [0, 0.05) is 18.7 Å². The lowest BCUT2D eigenvalue weighted by molar-refractivity contribution is -0.139. The van der Waals surface area contributed by atoms with Crippen LogP contribution in [0, 0.1) is 5.92 Å². The molecule has 1 saturated carbocycles. The van der Waals surface area contributed by atoms with Crippen LogP contribution in [-0.4, -0.2) is 23.0 Å². The molecule has 0 saturated heterocycles. The van der Waals surface area contributed by atoms with Gasteiger partial charge in [0.25, 0.3) is 5.91 Å². The van der Waals surface area contributed by atoms with E-state index in [-0.39, 0.29) is 11.8 Å². The molecule has 100 valence electrons. The highest BCUT2D eigenvalue weighted by atomic mass is 16.4. The molecule has 0 bridgehead atoms. The maximum absolute atomic E-state index is 12.1. The number of carbonyl (C=O) groups is 2. The predicted molar refractivity (Wildman–Crippen MR) is 68.6 cm³/mol. The van der Waals surface area contributed by atoms with E-state index in [1.807, 2.05) is 12.1 Å². The van der Waals surface area contributed by atoms with Crippen LogP contribution in [0.5, 0.6) is 0 Å². The summed E-state index contributed by atoms with van der Waals surface area (Å²) in [6, 6.07) is 4.78. The Morgan fingerprint density at radius 2 is 2.00 bits per heavy atom. The second-order valence-corrected chi connectivity index (χ2v) is 5.21. The zero-order chi connectivity index (χ0) is 13.4. The number of carboxylic acid groups (broad SMARTS) is 1. The van der Waals surface area contributed by atoms with Gasteiger partial charge in [-0.1, -0.05) is 6.07 Å². The Morgan fingerprint density at radius 1 is 1.26 bits per heavy atom. The fraction of sp³-hybridized carbons (Fsp3) is 0.429. The molecule has 1 amide bonds. The quantitative estimate of drug-likeness (QED) is 0.751. The number of aliphatic carboxylic acids is 1. The third kappa shape index (κ3) is 2.46. The van der Waals surface area contributed by atoms with E-state index in [0.29, 0.717) is 5.56 Å². The zero-order valence-electron chi connectivity index (χ0n) is 10.5. The van der Waals surface area contributed by atoms with Gasteiger partial charge in [-0.25, -0.2) is 4.79 Å². The fourth-order valence-electron chi connectivity index (χ4n) is 2.47. The van der Waals surface area contributed by atoms with Gasteiger partial charge in [0.2, 0.25) is 0 Å². The number of nitrogens with one attached hydrogen (secondary N) is 2. The molecule has 1 fully saturated rings. The second-order valence-electron chi connectivity index (χ2n) is 5.21. The Balaban J connectivity index is 1.74. The van der Waals surface area contributed by atoms with Crippen molar-refractivity contribution < 1.29 is 14.7 Å². The van der Waals surface area contributed by atoms with E-state index in [9.17, 15) is 9.59 Å². The van der Waals surface area contributed by atoms with Crippen LogP contribution in [0.4, 0.5) is 0 Å². The molecule has 1 aliphatic heterocycles. The summed E-state index contributed by atoms with van der Waals surface area (Å²) in [5, 5.41) is 15.0. The monoisotopic (exact) mass is 260 g/mol. The molecule has 1 aliphatic carbocycles. The minimum absolute atomic E-state index is 0.0949. The zero-order valence-corrected chi connectivity index (χ0v) is 10.5. The number of fused-ring (bicyclic) bond motifs is 1. The molecule has 2 aliphatic rings. The lowest BCUT2D eigenvalue weighted by Crippen LogP contribution is -2.42. The lowest BCUT2D eigenvalue weighted by Gasteiger charge is -2.14. The summed E-state index contributed by atoms with van der Waals surface area (Å²) in [6.45, 7) is 1.60. The topological polar surface area (TPSA) is 78.4 Å². The van der Waals surface area contributed by atoms with E-state index in [0.717, 1.165) is 31.5 Å². The van der Waals surface area contributed by atoms with Gasteiger partial charge in [-0.15, -0.1) is 0 Å². The SMILES string of the molecule is O=C(NC(C(=O)O)C1CC1)c1ccc2c(c1)CNC2. The predicted octanol–water partition coefficient (Wildman–Crippen LogP) is 0.883. The standard InChI is InChI=1S/C14H16N2O3/c17-13(16-12(14(18)19)8-1-2-8)9-3-4-10-6-15-7-11(10)5-9/h3-5,8,12,15H,1-2,6-7H2,(H,16,17)(H,18,19). The number of hydrogen-bond donors (Lipinski definition) is 3. The van der Waals surface area contributed by atoms with Crippen molar-refractivity contribution in [1.29, 1.82) is 0 Å². The van der Waals surface area contributed by atoms with E-state index < -0.39 is 12.0 Å². The Labute approximate surface area is 111 Å². The van der Waals surface area contributed by atoms with Gasteiger partial charge in [0.05, 0.1) is 0 Å². The van der Waals surface area contributed by atoms with E-state index in [2.05, 4.69) is 10.6 Å². The average molecular weight is 260 g/mol. The summed E-state index contributed by atoms with van der Waals surface area (Å²) in [7, 11) is 0. The summed E-state index contributed by atoms with van der Waals surface area (Å²) in [5.41, 5.74) is 2.86. The maximum Gasteiger partial charge on any atom is 0.326 e. The second kappa shape index (κ2) is 4.66. The fourth-order valence-corrected chi connectivity index (χ4v) is 2.47. The highest BCUT2D eigenvalue weighted by molar-refractivity contribution is 5.97. The van der Waals surface area contributed by atoms with E-state index in [1.54, 1.807) is 6.07 Å². The number of carboxylic acids is 1. The summed E-state index contributed by atoms with van der Waals surface area (Å²) < 4.78 is 0. The van der Waals surface area contributed by atoms with Crippen molar-refractivity contribution in [2.75, 3.05) is 0 Å². The maximum atomic E-state index is 12.1.